The normalized spacial score (nSPS) is 16.5. The number of nitrogens with one attached hydrogen (secondary N) is 1. The van der Waals surface area contributed by atoms with Crippen LogP contribution in [-0.4, -0.2) is 23.9 Å². The Balaban J connectivity index is 1.76. The minimum absolute atomic E-state index is 0.0552. The van der Waals surface area contributed by atoms with Gasteiger partial charge in [0.15, 0.2) is 0 Å². The van der Waals surface area contributed by atoms with E-state index >= 15 is 0 Å². The van der Waals surface area contributed by atoms with Gasteiger partial charge < -0.3 is 9.73 Å². The summed E-state index contributed by atoms with van der Waals surface area (Å²) in [4.78, 5) is 14.7. The van der Waals surface area contributed by atoms with Crippen LogP contribution in [-0.2, 0) is 17.8 Å². The second kappa shape index (κ2) is 6.81. The quantitative estimate of drug-likeness (QED) is 0.935. The van der Waals surface area contributed by atoms with E-state index in [1.165, 1.54) is 11.1 Å². The van der Waals surface area contributed by atoms with Crippen LogP contribution in [0.1, 0.15) is 43.7 Å². The van der Waals surface area contributed by atoms with Gasteiger partial charge in [-0.3, -0.25) is 9.69 Å². The van der Waals surface area contributed by atoms with Crippen LogP contribution in [0.4, 0.5) is 0 Å². The Kier molecular flexibility index (Phi) is 4.76. The number of carbonyl (C=O) groups excluding carboxylic acids is 1. The largest absolute Gasteiger partial charge is 0.468 e. The van der Waals surface area contributed by atoms with Crippen molar-refractivity contribution >= 4 is 5.91 Å². The summed E-state index contributed by atoms with van der Waals surface area (Å²) in [5, 5.41) is 3.09. The highest BCUT2D eigenvalue weighted by atomic mass is 16.3. The fourth-order valence-electron chi connectivity index (χ4n) is 3.13. The summed E-state index contributed by atoms with van der Waals surface area (Å²) in [6.07, 6.45) is 2.73. The number of furan rings is 1. The van der Waals surface area contributed by atoms with E-state index in [1.807, 2.05) is 32.9 Å². The minimum atomic E-state index is -0.387. The lowest BCUT2D eigenvalue weighted by atomic mass is 9.95. The van der Waals surface area contributed by atoms with Crippen LogP contribution in [0.5, 0.6) is 0 Å². The first-order valence-corrected chi connectivity index (χ1v) is 8.57. The molecule has 2 heterocycles. The maximum Gasteiger partial charge on any atom is 0.225 e. The molecule has 0 radical (unpaired) electrons. The first kappa shape index (κ1) is 16.8. The zero-order valence-corrected chi connectivity index (χ0v) is 14.7. The van der Waals surface area contributed by atoms with Gasteiger partial charge in [-0.15, -0.1) is 0 Å². The van der Waals surface area contributed by atoms with E-state index in [9.17, 15) is 4.79 Å². The molecular formula is C20H26N2O2. The molecule has 1 aliphatic rings. The number of benzene rings is 1. The van der Waals surface area contributed by atoms with Crippen LogP contribution in [0, 0.1) is 5.41 Å². The highest BCUT2D eigenvalue weighted by molar-refractivity contribution is 5.81. The van der Waals surface area contributed by atoms with E-state index in [0.29, 0.717) is 6.54 Å². The van der Waals surface area contributed by atoms with Crippen molar-refractivity contribution in [3.8, 4) is 0 Å². The highest BCUT2D eigenvalue weighted by Crippen LogP contribution is 2.28. The molecule has 0 saturated carbocycles. The Labute approximate surface area is 143 Å². The van der Waals surface area contributed by atoms with Gasteiger partial charge >= 0.3 is 0 Å². The zero-order valence-electron chi connectivity index (χ0n) is 14.7. The first-order valence-electron chi connectivity index (χ1n) is 8.57. The molecule has 3 rings (SSSR count). The molecule has 1 N–H and O–H groups in total. The van der Waals surface area contributed by atoms with Crippen LogP contribution in [0.3, 0.4) is 0 Å². The summed E-state index contributed by atoms with van der Waals surface area (Å²) < 4.78 is 5.66. The fourth-order valence-corrected chi connectivity index (χ4v) is 3.13. The molecule has 0 unspecified atom stereocenters. The summed E-state index contributed by atoms with van der Waals surface area (Å²) in [5.74, 6) is 0.972. The van der Waals surface area contributed by atoms with Gasteiger partial charge in [-0.05, 0) is 29.7 Å². The standard InChI is InChI=1S/C20H26N2O2/c1-20(2,3)19(23)21-13-17(18-9-6-12-24-18)22-11-10-15-7-4-5-8-16(15)14-22/h4-9,12,17H,10-11,13-14H2,1-3H3,(H,21,23)/t17-/m0/s1. The average molecular weight is 326 g/mol. The third kappa shape index (κ3) is 3.70. The molecule has 1 aromatic carbocycles. The van der Waals surface area contributed by atoms with Gasteiger partial charge in [-0.2, -0.15) is 0 Å². The molecule has 1 aliphatic heterocycles. The molecule has 0 bridgehead atoms. The number of carbonyl (C=O) groups is 1. The second-order valence-electron chi connectivity index (χ2n) is 7.48. The summed E-state index contributed by atoms with van der Waals surface area (Å²) in [5.41, 5.74) is 2.40. The van der Waals surface area contributed by atoms with Gasteiger partial charge in [0.25, 0.3) is 0 Å². The average Bonchev–Trinajstić information content (AvgIpc) is 3.08. The predicted octanol–water partition coefficient (Wildman–Crippen LogP) is 3.54. The van der Waals surface area contributed by atoms with E-state index in [0.717, 1.165) is 25.3 Å². The molecule has 1 amide bonds. The molecule has 0 fully saturated rings. The van der Waals surface area contributed by atoms with Gasteiger partial charge in [-0.1, -0.05) is 45.0 Å². The van der Waals surface area contributed by atoms with E-state index < -0.39 is 0 Å². The summed E-state index contributed by atoms with van der Waals surface area (Å²) in [6.45, 7) is 8.20. The van der Waals surface area contributed by atoms with Crippen LogP contribution >= 0.6 is 0 Å². The minimum Gasteiger partial charge on any atom is -0.468 e. The highest BCUT2D eigenvalue weighted by Gasteiger charge is 2.28. The third-order valence-corrected chi connectivity index (χ3v) is 4.61. The monoisotopic (exact) mass is 326 g/mol. The van der Waals surface area contributed by atoms with Crippen molar-refractivity contribution in [2.75, 3.05) is 13.1 Å². The van der Waals surface area contributed by atoms with Gasteiger partial charge in [0.1, 0.15) is 5.76 Å². The molecule has 4 heteroatoms. The summed E-state index contributed by atoms with van der Waals surface area (Å²) in [6, 6.07) is 12.5. The Hall–Kier alpha value is -2.07. The van der Waals surface area contributed by atoms with E-state index in [2.05, 4.69) is 34.5 Å². The molecule has 2 aromatic rings. The molecule has 0 aliphatic carbocycles. The molecule has 4 nitrogen and oxygen atoms in total. The topological polar surface area (TPSA) is 45.5 Å². The van der Waals surface area contributed by atoms with Gasteiger partial charge in [0.2, 0.25) is 5.91 Å². The third-order valence-electron chi connectivity index (χ3n) is 4.61. The molecule has 24 heavy (non-hydrogen) atoms. The van der Waals surface area contributed by atoms with E-state index in [-0.39, 0.29) is 17.4 Å². The summed E-state index contributed by atoms with van der Waals surface area (Å²) in [7, 11) is 0. The van der Waals surface area contributed by atoms with Crippen molar-refractivity contribution < 1.29 is 9.21 Å². The SMILES string of the molecule is CC(C)(C)C(=O)NC[C@@H](c1ccco1)N1CCc2ccccc2C1. The van der Waals surface area contributed by atoms with E-state index in [4.69, 9.17) is 4.42 Å². The lowest BCUT2D eigenvalue weighted by Crippen LogP contribution is -2.43. The number of nitrogens with zero attached hydrogens (tertiary/aromatic N) is 1. The Morgan fingerprint density at radius 1 is 1.21 bits per heavy atom. The van der Waals surface area contributed by atoms with Crippen LogP contribution < -0.4 is 5.32 Å². The fraction of sp³-hybridized carbons (Fsp3) is 0.450. The summed E-state index contributed by atoms with van der Waals surface area (Å²) >= 11 is 0. The lowest BCUT2D eigenvalue weighted by Gasteiger charge is -2.35. The van der Waals surface area contributed by atoms with Crippen molar-refractivity contribution in [1.82, 2.24) is 10.2 Å². The maximum atomic E-state index is 12.3. The predicted molar refractivity (Wildman–Crippen MR) is 94.5 cm³/mol. The molecular weight excluding hydrogens is 300 g/mol. The number of hydrogen-bond donors (Lipinski definition) is 1. The van der Waals surface area contributed by atoms with E-state index in [1.54, 1.807) is 6.26 Å². The van der Waals surface area contributed by atoms with Crippen molar-refractivity contribution in [3.05, 3.63) is 59.5 Å². The number of fused-ring (bicyclic) bond motifs is 1. The Bertz CT molecular complexity index is 686. The Morgan fingerprint density at radius 2 is 1.96 bits per heavy atom. The zero-order chi connectivity index (χ0) is 17.2. The molecule has 0 spiro atoms. The van der Waals surface area contributed by atoms with Crippen LogP contribution in [0.2, 0.25) is 0 Å². The van der Waals surface area contributed by atoms with Gasteiger partial charge in [0, 0.05) is 25.0 Å². The van der Waals surface area contributed by atoms with Crippen LogP contribution in [0.25, 0.3) is 0 Å². The number of amides is 1. The van der Waals surface area contributed by atoms with Gasteiger partial charge in [0.05, 0.1) is 12.3 Å². The van der Waals surface area contributed by atoms with Crippen molar-refractivity contribution in [3.63, 3.8) is 0 Å². The Morgan fingerprint density at radius 3 is 2.62 bits per heavy atom. The molecule has 1 aromatic heterocycles. The number of hydrogen-bond acceptors (Lipinski definition) is 3. The number of rotatable bonds is 4. The maximum absolute atomic E-state index is 12.3. The second-order valence-corrected chi connectivity index (χ2v) is 7.48. The molecule has 0 saturated heterocycles. The molecule has 1 atom stereocenters. The van der Waals surface area contributed by atoms with Crippen LogP contribution in [0.15, 0.2) is 47.1 Å². The van der Waals surface area contributed by atoms with Crippen molar-refractivity contribution in [2.45, 2.75) is 39.8 Å². The lowest BCUT2D eigenvalue weighted by molar-refractivity contribution is -0.128. The smallest absolute Gasteiger partial charge is 0.225 e. The van der Waals surface area contributed by atoms with Gasteiger partial charge in [-0.25, -0.2) is 0 Å². The van der Waals surface area contributed by atoms with Crippen molar-refractivity contribution in [1.29, 1.82) is 0 Å². The first-order chi connectivity index (χ1) is 11.4. The molecule has 128 valence electrons. The van der Waals surface area contributed by atoms with Crippen molar-refractivity contribution in [2.24, 2.45) is 5.41 Å².